The number of rotatable bonds is 10. The number of carbonyl (C=O) groups excluding carboxylic acids is 4. The summed E-state index contributed by atoms with van der Waals surface area (Å²) in [6.45, 7) is 7.52. The van der Waals surface area contributed by atoms with Crippen molar-refractivity contribution in [1.29, 1.82) is 0 Å². The highest BCUT2D eigenvalue weighted by molar-refractivity contribution is 5.91. The lowest BCUT2D eigenvalue weighted by Crippen LogP contribution is -2.53. The van der Waals surface area contributed by atoms with Crippen LogP contribution in [0.4, 0.5) is 15.3 Å². The van der Waals surface area contributed by atoms with Gasteiger partial charge in [-0.2, -0.15) is 0 Å². The Labute approximate surface area is 315 Å². The lowest BCUT2D eigenvalue weighted by Gasteiger charge is -2.40. The lowest BCUT2D eigenvalue weighted by atomic mass is 9.99. The van der Waals surface area contributed by atoms with Crippen molar-refractivity contribution in [3.05, 3.63) is 63.6 Å². The number of benzene rings is 2. The maximum Gasteiger partial charge on any atom is 0.417 e. The topological polar surface area (TPSA) is 158 Å². The van der Waals surface area contributed by atoms with E-state index in [-0.39, 0.29) is 42.5 Å². The highest BCUT2D eigenvalue weighted by Crippen LogP contribution is 2.29. The second kappa shape index (κ2) is 16.7. The molecular weight excluding hydrogens is 692 g/mol. The Morgan fingerprint density at radius 2 is 1.67 bits per heavy atom. The van der Waals surface area contributed by atoms with Crippen molar-refractivity contribution in [1.82, 2.24) is 24.6 Å². The van der Waals surface area contributed by atoms with E-state index in [1.54, 1.807) is 15.9 Å². The molecule has 54 heavy (non-hydrogen) atoms. The number of ether oxygens (including phenoxy) is 2. The number of para-hydroxylation sites is 1. The summed E-state index contributed by atoms with van der Waals surface area (Å²) in [4.78, 5) is 76.2. The van der Waals surface area contributed by atoms with E-state index in [4.69, 9.17) is 13.9 Å². The van der Waals surface area contributed by atoms with Crippen LogP contribution in [0.15, 0.2) is 45.6 Å². The van der Waals surface area contributed by atoms with Crippen LogP contribution in [0, 0.1) is 6.92 Å². The van der Waals surface area contributed by atoms with Gasteiger partial charge >= 0.3 is 23.8 Å². The Morgan fingerprint density at radius 3 is 2.44 bits per heavy atom. The molecule has 2 atom stereocenters. The molecule has 290 valence electrons. The number of hydrogen-bond donors (Lipinski definition) is 2. The molecule has 4 amide bonds. The van der Waals surface area contributed by atoms with E-state index in [2.05, 4.69) is 22.1 Å². The molecular formula is C40H52N6O8. The number of nitrogens with one attached hydrogen (secondary N) is 2. The molecule has 5 heterocycles. The van der Waals surface area contributed by atoms with Gasteiger partial charge in [-0.3, -0.25) is 19.5 Å². The summed E-state index contributed by atoms with van der Waals surface area (Å²) in [6.07, 6.45) is 5.32. The first kappa shape index (κ1) is 37.5. The minimum atomic E-state index is -1.10. The van der Waals surface area contributed by atoms with Crippen molar-refractivity contribution in [2.45, 2.75) is 102 Å². The minimum Gasteiger partial charge on any atom is -0.465 e. The molecule has 7 rings (SSSR count). The summed E-state index contributed by atoms with van der Waals surface area (Å²) in [5.74, 6) is -0.990. The summed E-state index contributed by atoms with van der Waals surface area (Å²) in [6, 6.07) is 11.2. The van der Waals surface area contributed by atoms with Crippen molar-refractivity contribution < 1.29 is 33.1 Å². The molecule has 4 aliphatic heterocycles. The number of nitrogens with zero attached hydrogens (tertiary/aromatic N) is 4. The predicted molar refractivity (Wildman–Crippen MR) is 201 cm³/mol. The van der Waals surface area contributed by atoms with E-state index >= 15 is 0 Å². The first-order chi connectivity index (χ1) is 26.2. The van der Waals surface area contributed by atoms with Gasteiger partial charge in [0, 0.05) is 56.9 Å². The van der Waals surface area contributed by atoms with Crippen molar-refractivity contribution in [2.24, 2.45) is 0 Å². The smallest absolute Gasteiger partial charge is 0.417 e. The van der Waals surface area contributed by atoms with Crippen LogP contribution in [0.25, 0.3) is 11.1 Å². The first-order valence-corrected chi connectivity index (χ1v) is 19.6. The van der Waals surface area contributed by atoms with Crippen LogP contribution in [0.5, 0.6) is 0 Å². The summed E-state index contributed by atoms with van der Waals surface area (Å²) in [5.41, 5.74) is 4.39. The van der Waals surface area contributed by atoms with E-state index < -0.39 is 18.0 Å². The van der Waals surface area contributed by atoms with Gasteiger partial charge in [0.05, 0.1) is 12.1 Å². The van der Waals surface area contributed by atoms with Crippen molar-refractivity contribution in [2.75, 3.05) is 51.2 Å². The van der Waals surface area contributed by atoms with Crippen LogP contribution < -0.4 is 11.1 Å². The second-order valence-electron chi connectivity index (χ2n) is 15.1. The number of esters is 1. The zero-order chi connectivity index (χ0) is 37.8. The zero-order valence-electron chi connectivity index (χ0n) is 31.3. The number of H-pyrrole nitrogens is 1. The third kappa shape index (κ3) is 8.28. The maximum absolute atomic E-state index is 14.3. The number of urea groups is 1. The Hall–Kier alpha value is -4.85. The largest absolute Gasteiger partial charge is 0.465 e. The number of carbonyl (C=O) groups is 4. The molecule has 4 aliphatic rings. The fourth-order valence-electron chi connectivity index (χ4n) is 8.61. The quantitative estimate of drug-likeness (QED) is 0.219. The third-order valence-electron chi connectivity index (χ3n) is 11.6. The molecule has 3 fully saturated rings. The van der Waals surface area contributed by atoms with E-state index in [1.807, 2.05) is 42.2 Å². The molecule has 14 heteroatoms. The molecule has 14 nitrogen and oxygen atoms in total. The molecule has 0 aliphatic carbocycles. The average molecular weight is 745 g/mol. The summed E-state index contributed by atoms with van der Waals surface area (Å²) < 4.78 is 17.0. The van der Waals surface area contributed by atoms with Gasteiger partial charge in [0.2, 0.25) is 0 Å². The highest BCUT2D eigenvalue weighted by atomic mass is 16.6. The number of hydrogen-bond acceptors (Lipinski definition) is 9. The first-order valence-electron chi connectivity index (χ1n) is 19.6. The number of piperidine rings is 2. The lowest BCUT2D eigenvalue weighted by molar-refractivity contribution is -0.151. The Morgan fingerprint density at radius 1 is 0.926 bits per heavy atom. The van der Waals surface area contributed by atoms with Crippen LogP contribution in [-0.2, 0) is 31.9 Å². The van der Waals surface area contributed by atoms with Crippen LogP contribution in [0.2, 0.25) is 0 Å². The molecule has 0 radical (unpaired) electrons. The number of oxazole rings is 1. The highest BCUT2D eigenvalue weighted by Gasteiger charge is 2.40. The van der Waals surface area contributed by atoms with Gasteiger partial charge in [-0.25, -0.2) is 14.4 Å². The van der Waals surface area contributed by atoms with Gasteiger partial charge in [0.1, 0.15) is 6.04 Å². The predicted octanol–water partition coefficient (Wildman–Crippen LogP) is 4.83. The average Bonchev–Trinajstić information content (AvgIpc) is 3.78. The van der Waals surface area contributed by atoms with E-state index in [1.165, 1.54) is 0 Å². The number of aromatic nitrogens is 1. The summed E-state index contributed by atoms with van der Waals surface area (Å²) in [7, 11) is 0. The van der Waals surface area contributed by atoms with Gasteiger partial charge in [0.15, 0.2) is 11.7 Å². The minimum absolute atomic E-state index is 0.0267. The van der Waals surface area contributed by atoms with Gasteiger partial charge in [-0.05, 0) is 93.7 Å². The van der Waals surface area contributed by atoms with Crippen molar-refractivity contribution >= 4 is 40.8 Å². The fraction of sp³-hybridized carbons (Fsp3) is 0.575. The van der Waals surface area contributed by atoms with E-state index in [9.17, 15) is 24.0 Å². The van der Waals surface area contributed by atoms with E-state index in [0.717, 1.165) is 55.5 Å². The van der Waals surface area contributed by atoms with Gasteiger partial charge in [0.25, 0.3) is 5.91 Å². The third-order valence-corrected chi connectivity index (χ3v) is 11.6. The summed E-state index contributed by atoms with van der Waals surface area (Å²) in [5, 5.41) is 3.04. The van der Waals surface area contributed by atoms with Crippen LogP contribution in [-0.4, -0.2) is 119 Å². The molecule has 0 saturated carbocycles. The van der Waals surface area contributed by atoms with Crippen LogP contribution >= 0.6 is 0 Å². The zero-order valence-corrected chi connectivity index (χ0v) is 31.3. The van der Waals surface area contributed by atoms with Crippen molar-refractivity contribution in [3.63, 3.8) is 0 Å². The molecule has 0 bridgehead atoms. The van der Waals surface area contributed by atoms with Gasteiger partial charge in [-0.15, -0.1) is 0 Å². The van der Waals surface area contributed by atoms with Crippen molar-refractivity contribution in [3.8, 4) is 0 Å². The number of aromatic amines is 1. The Balaban J connectivity index is 0.999. The SMILES string of the molecule is CCCCOC(=O)[C@H]1CCCN1C1CCN(C(=O)[C@@H](Cc2cc(C)c3[nH]c(=O)oc3c2)OC(=O)N2CCC(N3CCc4ccccc4NC3=O)CC2)CC1. The van der Waals surface area contributed by atoms with Crippen LogP contribution in [0.3, 0.4) is 0 Å². The molecule has 3 saturated heterocycles. The van der Waals surface area contributed by atoms with Gasteiger partial charge < -0.3 is 33.9 Å². The number of anilines is 1. The number of fused-ring (bicyclic) bond motifs is 2. The monoisotopic (exact) mass is 744 g/mol. The molecule has 0 spiro atoms. The normalized spacial score (nSPS) is 20.7. The molecule has 1 aromatic heterocycles. The molecule has 2 aromatic carbocycles. The number of likely N-dealkylation sites (tertiary alicyclic amines) is 3. The van der Waals surface area contributed by atoms with Gasteiger partial charge in [-0.1, -0.05) is 37.6 Å². The van der Waals surface area contributed by atoms with Crippen LogP contribution in [0.1, 0.15) is 75.0 Å². The maximum atomic E-state index is 14.3. The standard InChI is InChI=1S/C40H52N6O8/c1-3-4-22-52-37(48)32-10-7-16-45(32)29-12-17-43(18-13-29)36(47)34(25-27-23-26(2)35-33(24-27)53-39(50)42-35)54-40(51)44-19-14-30(15-20-44)46-21-11-28-8-5-6-9-31(28)41-38(46)49/h5-6,8-9,23-24,29-30,32,34H,3-4,7,10-22,25H2,1-2H3,(H,41,49)(H,42,50)/t32-,34-/m1/s1. The Bertz CT molecular complexity index is 1890. The van der Waals surface area contributed by atoms with E-state index in [0.29, 0.717) is 81.7 Å². The fourth-order valence-corrected chi connectivity index (χ4v) is 8.61. The Kier molecular flexibility index (Phi) is 11.6. The summed E-state index contributed by atoms with van der Waals surface area (Å²) >= 11 is 0. The number of amides is 4. The second-order valence-corrected chi connectivity index (χ2v) is 15.1. The molecule has 0 unspecified atom stereocenters. The number of aryl methyl sites for hydroxylation is 1. The number of unbranched alkanes of at least 4 members (excludes halogenated alkanes) is 1. The molecule has 3 aromatic rings. The molecule has 2 N–H and O–H groups in total.